The molecule has 1 aromatic rings. The summed E-state index contributed by atoms with van der Waals surface area (Å²) in [5.41, 5.74) is 7.26. The molecule has 0 amide bonds. The van der Waals surface area contributed by atoms with Crippen LogP contribution in [0.5, 0.6) is 0 Å². The molecule has 4 nitrogen and oxygen atoms in total. The summed E-state index contributed by atoms with van der Waals surface area (Å²) in [4.78, 5) is 10.9. The highest BCUT2D eigenvalue weighted by Crippen LogP contribution is 2.47. The van der Waals surface area contributed by atoms with Crippen molar-refractivity contribution in [1.29, 1.82) is 0 Å². The van der Waals surface area contributed by atoms with E-state index < -0.39 is 0 Å². The summed E-state index contributed by atoms with van der Waals surface area (Å²) >= 11 is 0. The average molecular weight is 232 g/mol. The average Bonchev–Trinajstić information content (AvgIpc) is 2.70. The number of aromatic nitrogens is 2. The fraction of sp³-hybridized carbons (Fsp3) is 0.692. The van der Waals surface area contributed by atoms with Gasteiger partial charge in [-0.1, -0.05) is 13.3 Å². The van der Waals surface area contributed by atoms with Crippen LogP contribution in [0.2, 0.25) is 0 Å². The lowest BCUT2D eigenvalue weighted by molar-refractivity contribution is 0.0781. The Kier molecular flexibility index (Phi) is 2.54. The Bertz CT molecular complexity index is 420. The Morgan fingerprint density at radius 1 is 1.35 bits per heavy atom. The molecule has 2 fully saturated rings. The van der Waals surface area contributed by atoms with Crippen molar-refractivity contribution >= 4 is 5.82 Å². The molecule has 4 heteroatoms. The number of rotatable bonds is 2. The lowest BCUT2D eigenvalue weighted by Crippen LogP contribution is -2.55. The smallest absolute Gasteiger partial charge is 0.132 e. The summed E-state index contributed by atoms with van der Waals surface area (Å²) in [7, 11) is 0. The van der Waals surface area contributed by atoms with Crippen molar-refractivity contribution in [2.75, 3.05) is 18.0 Å². The van der Waals surface area contributed by atoms with E-state index in [2.05, 4.69) is 27.9 Å². The third-order valence-electron chi connectivity index (χ3n) is 4.54. The van der Waals surface area contributed by atoms with E-state index in [9.17, 15) is 0 Å². The van der Waals surface area contributed by atoms with E-state index in [0.717, 1.165) is 30.5 Å². The predicted molar refractivity (Wildman–Crippen MR) is 67.7 cm³/mol. The van der Waals surface area contributed by atoms with Gasteiger partial charge >= 0.3 is 0 Å². The van der Waals surface area contributed by atoms with Gasteiger partial charge in [0.2, 0.25) is 0 Å². The molecular weight excluding hydrogens is 212 g/mol. The van der Waals surface area contributed by atoms with Gasteiger partial charge in [0.1, 0.15) is 12.1 Å². The molecule has 2 aliphatic rings. The number of hydrogen-bond acceptors (Lipinski definition) is 4. The second-order valence-electron chi connectivity index (χ2n) is 5.40. The molecule has 2 heterocycles. The SMILES string of the molecule is CCC1C2CN(c3cc(C)ncn3)C[C@H]2[C@@H]1N. The Balaban J connectivity index is 1.77. The lowest BCUT2D eigenvalue weighted by atomic mass is 9.62. The minimum absolute atomic E-state index is 0.401. The number of nitrogens with zero attached hydrogens (tertiary/aromatic N) is 3. The first-order valence-electron chi connectivity index (χ1n) is 6.50. The summed E-state index contributed by atoms with van der Waals surface area (Å²) in [6.07, 6.45) is 2.86. The van der Waals surface area contributed by atoms with Crippen LogP contribution in [0, 0.1) is 24.7 Å². The van der Waals surface area contributed by atoms with Crippen LogP contribution in [0.3, 0.4) is 0 Å². The molecule has 1 aliphatic heterocycles. The van der Waals surface area contributed by atoms with Gasteiger partial charge in [0.25, 0.3) is 0 Å². The third-order valence-corrected chi connectivity index (χ3v) is 4.54. The number of anilines is 1. The van der Waals surface area contributed by atoms with Gasteiger partial charge in [0.15, 0.2) is 0 Å². The zero-order chi connectivity index (χ0) is 12.0. The molecular formula is C13H20N4. The van der Waals surface area contributed by atoms with Crippen LogP contribution in [0.15, 0.2) is 12.4 Å². The molecule has 1 aromatic heterocycles. The lowest BCUT2D eigenvalue weighted by Gasteiger charge is -2.45. The summed E-state index contributed by atoms with van der Waals surface area (Å²) in [5.74, 6) is 3.24. The predicted octanol–water partition coefficient (Wildman–Crippen LogP) is 1.20. The Labute approximate surface area is 102 Å². The van der Waals surface area contributed by atoms with Crippen molar-refractivity contribution in [3.05, 3.63) is 18.1 Å². The van der Waals surface area contributed by atoms with Gasteiger partial charge in [-0.05, 0) is 24.7 Å². The van der Waals surface area contributed by atoms with Crippen LogP contribution >= 0.6 is 0 Å². The largest absolute Gasteiger partial charge is 0.356 e. The molecule has 0 bridgehead atoms. The third kappa shape index (κ3) is 1.62. The first-order chi connectivity index (χ1) is 8.20. The Morgan fingerprint density at radius 2 is 2.12 bits per heavy atom. The summed E-state index contributed by atoms with van der Waals surface area (Å²) in [6.45, 7) is 6.45. The molecule has 4 atom stereocenters. The van der Waals surface area contributed by atoms with Gasteiger partial charge < -0.3 is 10.6 Å². The van der Waals surface area contributed by atoms with Crippen molar-refractivity contribution < 1.29 is 0 Å². The molecule has 1 aliphatic carbocycles. The Hall–Kier alpha value is -1.16. The molecule has 0 radical (unpaired) electrons. The maximum Gasteiger partial charge on any atom is 0.132 e. The minimum atomic E-state index is 0.401. The van der Waals surface area contributed by atoms with E-state index in [1.165, 1.54) is 6.42 Å². The van der Waals surface area contributed by atoms with Crippen LogP contribution in [0.1, 0.15) is 19.0 Å². The quantitative estimate of drug-likeness (QED) is 0.832. The normalized spacial score (nSPS) is 35.6. The molecule has 92 valence electrons. The first kappa shape index (κ1) is 11.0. The van der Waals surface area contributed by atoms with Gasteiger partial charge in [-0.3, -0.25) is 0 Å². The van der Waals surface area contributed by atoms with Crippen molar-refractivity contribution in [3.8, 4) is 0 Å². The molecule has 3 rings (SSSR count). The second kappa shape index (κ2) is 3.95. The van der Waals surface area contributed by atoms with Gasteiger partial charge in [-0.25, -0.2) is 9.97 Å². The summed E-state index contributed by atoms with van der Waals surface area (Å²) < 4.78 is 0. The molecule has 0 aromatic carbocycles. The zero-order valence-corrected chi connectivity index (χ0v) is 10.5. The van der Waals surface area contributed by atoms with E-state index in [4.69, 9.17) is 5.73 Å². The van der Waals surface area contributed by atoms with E-state index in [1.807, 2.05) is 6.92 Å². The van der Waals surface area contributed by atoms with Crippen molar-refractivity contribution in [1.82, 2.24) is 9.97 Å². The van der Waals surface area contributed by atoms with Crippen LogP contribution in [-0.4, -0.2) is 29.1 Å². The van der Waals surface area contributed by atoms with Gasteiger partial charge in [0.05, 0.1) is 0 Å². The van der Waals surface area contributed by atoms with Gasteiger partial charge in [0, 0.05) is 30.9 Å². The number of aryl methyl sites for hydroxylation is 1. The molecule has 1 saturated carbocycles. The maximum absolute atomic E-state index is 6.23. The topological polar surface area (TPSA) is 55.0 Å². The van der Waals surface area contributed by atoms with Gasteiger partial charge in [-0.2, -0.15) is 0 Å². The van der Waals surface area contributed by atoms with Crippen LogP contribution in [0.25, 0.3) is 0 Å². The molecule has 1 saturated heterocycles. The summed E-state index contributed by atoms with van der Waals surface area (Å²) in [6, 6.07) is 2.47. The van der Waals surface area contributed by atoms with Crippen LogP contribution in [-0.2, 0) is 0 Å². The number of fused-ring (bicyclic) bond motifs is 1. The Morgan fingerprint density at radius 3 is 2.82 bits per heavy atom. The minimum Gasteiger partial charge on any atom is -0.356 e. The fourth-order valence-electron chi connectivity index (χ4n) is 3.55. The van der Waals surface area contributed by atoms with E-state index in [-0.39, 0.29) is 0 Å². The van der Waals surface area contributed by atoms with Crippen molar-refractivity contribution in [3.63, 3.8) is 0 Å². The van der Waals surface area contributed by atoms with E-state index >= 15 is 0 Å². The van der Waals surface area contributed by atoms with E-state index in [0.29, 0.717) is 17.9 Å². The molecule has 2 N–H and O–H groups in total. The maximum atomic E-state index is 6.23. The van der Waals surface area contributed by atoms with E-state index in [1.54, 1.807) is 6.33 Å². The second-order valence-corrected chi connectivity index (χ2v) is 5.40. The van der Waals surface area contributed by atoms with Gasteiger partial charge in [-0.15, -0.1) is 0 Å². The van der Waals surface area contributed by atoms with Crippen molar-refractivity contribution in [2.45, 2.75) is 26.3 Å². The molecule has 0 spiro atoms. The number of hydrogen-bond donors (Lipinski definition) is 1. The standard InChI is InChI=1S/C13H20N4/c1-3-9-10-5-17(6-11(10)13(9)14)12-4-8(2)15-7-16-12/h4,7,9-11,13H,3,5-6,14H2,1-2H3/t9?,10?,11-,13-/m1/s1. The molecule has 2 unspecified atom stereocenters. The van der Waals surface area contributed by atoms with Crippen LogP contribution < -0.4 is 10.6 Å². The highest BCUT2D eigenvalue weighted by atomic mass is 15.2. The first-order valence-corrected chi connectivity index (χ1v) is 6.50. The molecule has 17 heavy (non-hydrogen) atoms. The fourth-order valence-corrected chi connectivity index (χ4v) is 3.55. The monoisotopic (exact) mass is 232 g/mol. The highest BCUT2D eigenvalue weighted by molar-refractivity contribution is 5.41. The highest BCUT2D eigenvalue weighted by Gasteiger charge is 2.52. The van der Waals surface area contributed by atoms with Crippen molar-refractivity contribution in [2.24, 2.45) is 23.5 Å². The van der Waals surface area contributed by atoms with Crippen LogP contribution in [0.4, 0.5) is 5.82 Å². The summed E-state index contributed by atoms with van der Waals surface area (Å²) in [5, 5.41) is 0. The zero-order valence-electron chi connectivity index (χ0n) is 10.5. The number of nitrogens with two attached hydrogens (primary N) is 1.